The lowest BCUT2D eigenvalue weighted by Gasteiger charge is -2.27. The zero-order chi connectivity index (χ0) is 11.4. The van der Waals surface area contributed by atoms with Crippen LogP contribution in [-0.4, -0.2) is 35.8 Å². The molecular formula is C13H18Cl3N. The number of benzene rings is 1. The first-order valence-corrected chi connectivity index (χ1v) is 6.85. The predicted octanol–water partition coefficient (Wildman–Crippen LogP) is 3.36. The Labute approximate surface area is 119 Å². The van der Waals surface area contributed by atoms with Gasteiger partial charge in [-0.3, -0.25) is 4.90 Å². The molecule has 0 bridgehead atoms. The van der Waals surface area contributed by atoms with Gasteiger partial charge < -0.3 is 0 Å². The Bertz CT molecular complexity index is 312. The van der Waals surface area contributed by atoms with Gasteiger partial charge in [-0.15, -0.1) is 35.6 Å². The minimum Gasteiger partial charge on any atom is -0.297 e. The second kappa shape index (κ2) is 7.48. The van der Waals surface area contributed by atoms with Gasteiger partial charge in [0.15, 0.2) is 0 Å². The first-order valence-electron chi connectivity index (χ1n) is 5.78. The minimum absolute atomic E-state index is 0. The third-order valence-electron chi connectivity index (χ3n) is 3.29. The highest BCUT2D eigenvalue weighted by Gasteiger charge is 2.25. The van der Waals surface area contributed by atoms with Crippen LogP contribution in [0.3, 0.4) is 0 Å². The van der Waals surface area contributed by atoms with Gasteiger partial charge >= 0.3 is 0 Å². The Morgan fingerprint density at radius 3 is 1.88 bits per heavy atom. The molecule has 0 aliphatic heterocycles. The van der Waals surface area contributed by atoms with Gasteiger partial charge in [0.1, 0.15) is 0 Å². The van der Waals surface area contributed by atoms with Gasteiger partial charge in [-0.1, -0.05) is 24.3 Å². The molecule has 0 saturated heterocycles. The summed E-state index contributed by atoms with van der Waals surface area (Å²) in [5.74, 6) is 1.37. The molecule has 0 saturated carbocycles. The summed E-state index contributed by atoms with van der Waals surface area (Å²) < 4.78 is 0. The molecule has 0 heterocycles. The van der Waals surface area contributed by atoms with Gasteiger partial charge in [0.25, 0.3) is 0 Å². The molecule has 0 amide bonds. The normalized spacial score (nSPS) is 14.8. The van der Waals surface area contributed by atoms with Crippen LogP contribution in [0, 0.1) is 0 Å². The highest BCUT2D eigenvalue weighted by atomic mass is 35.5. The molecule has 1 aliphatic rings. The summed E-state index contributed by atoms with van der Waals surface area (Å²) in [7, 11) is 0. The number of rotatable bonds is 5. The number of fused-ring (bicyclic) bond motifs is 1. The third-order valence-corrected chi connectivity index (χ3v) is 3.63. The largest absolute Gasteiger partial charge is 0.297 e. The fourth-order valence-corrected chi connectivity index (χ4v) is 2.92. The number of hydrogen-bond donors (Lipinski definition) is 0. The van der Waals surface area contributed by atoms with Crippen molar-refractivity contribution in [1.82, 2.24) is 4.90 Å². The fourth-order valence-electron chi connectivity index (χ4n) is 2.49. The van der Waals surface area contributed by atoms with Crippen molar-refractivity contribution in [1.29, 1.82) is 0 Å². The highest BCUT2D eigenvalue weighted by molar-refractivity contribution is 6.18. The van der Waals surface area contributed by atoms with E-state index in [1.165, 1.54) is 11.1 Å². The van der Waals surface area contributed by atoms with Crippen LogP contribution in [0.25, 0.3) is 0 Å². The van der Waals surface area contributed by atoms with Gasteiger partial charge in [0.05, 0.1) is 0 Å². The third kappa shape index (κ3) is 3.75. The molecule has 1 aliphatic carbocycles. The summed E-state index contributed by atoms with van der Waals surface area (Å²) in [6.07, 6.45) is 2.29. The Hall–Kier alpha value is 0.0500. The summed E-state index contributed by atoms with van der Waals surface area (Å²) in [4.78, 5) is 2.42. The van der Waals surface area contributed by atoms with E-state index in [1.54, 1.807) is 0 Å². The Morgan fingerprint density at radius 1 is 1.00 bits per heavy atom. The maximum absolute atomic E-state index is 5.84. The summed E-state index contributed by atoms with van der Waals surface area (Å²) in [6.45, 7) is 1.87. The van der Waals surface area contributed by atoms with E-state index >= 15 is 0 Å². The van der Waals surface area contributed by atoms with Crippen LogP contribution in [0.1, 0.15) is 11.1 Å². The topological polar surface area (TPSA) is 3.24 Å². The van der Waals surface area contributed by atoms with Crippen LogP contribution in [0.2, 0.25) is 0 Å². The predicted molar refractivity (Wildman–Crippen MR) is 77.9 cm³/mol. The van der Waals surface area contributed by atoms with Gasteiger partial charge in [-0.25, -0.2) is 0 Å². The van der Waals surface area contributed by atoms with E-state index in [0.717, 1.165) is 25.9 Å². The number of hydrogen-bond acceptors (Lipinski definition) is 1. The monoisotopic (exact) mass is 293 g/mol. The summed E-state index contributed by atoms with van der Waals surface area (Å²) in [5.41, 5.74) is 2.98. The standard InChI is InChI=1S/C13H17Cl2N.ClH/c14-5-7-16(8-6-15)13-9-11-3-1-2-4-12(11)10-13;/h1-4,13H,5-10H2;1H. The molecule has 1 nitrogen and oxygen atoms in total. The average Bonchev–Trinajstić information content (AvgIpc) is 2.72. The van der Waals surface area contributed by atoms with E-state index < -0.39 is 0 Å². The van der Waals surface area contributed by atoms with Crippen LogP contribution in [0.5, 0.6) is 0 Å². The van der Waals surface area contributed by atoms with Gasteiger partial charge in [-0.2, -0.15) is 0 Å². The van der Waals surface area contributed by atoms with Crippen molar-refractivity contribution < 1.29 is 0 Å². The molecule has 4 heteroatoms. The first kappa shape index (κ1) is 15.1. The fraction of sp³-hybridized carbons (Fsp3) is 0.538. The molecular weight excluding hydrogens is 277 g/mol. The lowest BCUT2D eigenvalue weighted by molar-refractivity contribution is 0.226. The average molecular weight is 295 g/mol. The minimum atomic E-state index is 0. The summed E-state index contributed by atoms with van der Waals surface area (Å²) >= 11 is 11.7. The molecule has 0 atom stereocenters. The van der Waals surface area contributed by atoms with E-state index in [2.05, 4.69) is 29.2 Å². The zero-order valence-electron chi connectivity index (χ0n) is 9.74. The van der Waals surface area contributed by atoms with Crippen molar-refractivity contribution in [3.63, 3.8) is 0 Å². The second-order valence-electron chi connectivity index (χ2n) is 4.24. The lowest BCUT2D eigenvalue weighted by atomic mass is 10.1. The second-order valence-corrected chi connectivity index (χ2v) is 5.00. The van der Waals surface area contributed by atoms with E-state index in [1.807, 2.05) is 0 Å². The molecule has 0 radical (unpaired) electrons. The van der Waals surface area contributed by atoms with E-state index in [0.29, 0.717) is 17.8 Å². The maximum atomic E-state index is 5.84. The quantitative estimate of drug-likeness (QED) is 0.753. The van der Waals surface area contributed by atoms with Crippen LogP contribution in [-0.2, 0) is 12.8 Å². The van der Waals surface area contributed by atoms with Gasteiger partial charge in [0, 0.05) is 30.9 Å². The first-order chi connectivity index (χ1) is 7.85. The Balaban J connectivity index is 0.00000144. The van der Waals surface area contributed by atoms with Crippen molar-refractivity contribution in [2.45, 2.75) is 18.9 Å². The zero-order valence-corrected chi connectivity index (χ0v) is 12.1. The van der Waals surface area contributed by atoms with Crippen LogP contribution in [0.4, 0.5) is 0 Å². The van der Waals surface area contributed by atoms with Crippen LogP contribution < -0.4 is 0 Å². The van der Waals surface area contributed by atoms with Crippen molar-refractivity contribution in [3.05, 3.63) is 35.4 Å². The number of alkyl halides is 2. The van der Waals surface area contributed by atoms with Crippen LogP contribution in [0.15, 0.2) is 24.3 Å². The molecule has 96 valence electrons. The van der Waals surface area contributed by atoms with Gasteiger partial charge in [-0.05, 0) is 24.0 Å². The molecule has 0 N–H and O–H groups in total. The molecule has 0 fully saturated rings. The smallest absolute Gasteiger partial charge is 0.0351 e. The Kier molecular flexibility index (Phi) is 6.65. The van der Waals surface area contributed by atoms with Crippen LogP contribution >= 0.6 is 35.6 Å². The maximum Gasteiger partial charge on any atom is 0.0351 e. The summed E-state index contributed by atoms with van der Waals surface area (Å²) in [5, 5.41) is 0. The molecule has 1 aromatic carbocycles. The van der Waals surface area contributed by atoms with E-state index in [4.69, 9.17) is 23.2 Å². The van der Waals surface area contributed by atoms with Gasteiger partial charge in [0.2, 0.25) is 0 Å². The molecule has 0 spiro atoms. The van der Waals surface area contributed by atoms with Crippen molar-refractivity contribution >= 4 is 35.6 Å². The summed E-state index contributed by atoms with van der Waals surface area (Å²) in [6, 6.07) is 9.29. The van der Waals surface area contributed by atoms with Crippen molar-refractivity contribution in [3.8, 4) is 0 Å². The lowest BCUT2D eigenvalue weighted by Crippen LogP contribution is -2.38. The SMILES string of the molecule is Cl.ClCCN(CCCl)C1Cc2ccccc2C1. The number of halogens is 3. The van der Waals surface area contributed by atoms with Crippen molar-refractivity contribution in [2.75, 3.05) is 24.8 Å². The molecule has 1 aromatic rings. The van der Waals surface area contributed by atoms with E-state index in [-0.39, 0.29) is 12.4 Å². The van der Waals surface area contributed by atoms with E-state index in [9.17, 15) is 0 Å². The van der Waals surface area contributed by atoms with Crippen molar-refractivity contribution in [2.24, 2.45) is 0 Å². The molecule has 0 aromatic heterocycles. The number of nitrogens with zero attached hydrogens (tertiary/aromatic N) is 1. The highest BCUT2D eigenvalue weighted by Crippen LogP contribution is 2.25. The Morgan fingerprint density at radius 2 is 1.47 bits per heavy atom. The molecule has 2 rings (SSSR count). The molecule has 0 unspecified atom stereocenters. The molecule has 17 heavy (non-hydrogen) atoms.